The summed E-state index contributed by atoms with van der Waals surface area (Å²) < 4.78 is 0. The molecule has 0 radical (unpaired) electrons. The molecule has 1 saturated carbocycles. The van der Waals surface area contributed by atoms with Crippen molar-refractivity contribution in [3.05, 3.63) is 54.0 Å². The van der Waals surface area contributed by atoms with E-state index in [9.17, 15) is 4.79 Å². The van der Waals surface area contributed by atoms with E-state index in [1.165, 1.54) is 19.2 Å². The van der Waals surface area contributed by atoms with Crippen molar-refractivity contribution in [3.8, 4) is 0 Å². The summed E-state index contributed by atoms with van der Waals surface area (Å²) in [5, 5.41) is 3.30. The van der Waals surface area contributed by atoms with Crippen LogP contribution in [0.4, 0.5) is 5.82 Å². The highest BCUT2D eigenvalue weighted by atomic mass is 16.2. The molecule has 2 aromatic rings. The molecule has 5 nitrogen and oxygen atoms in total. The fourth-order valence-corrected chi connectivity index (χ4v) is 2.28. The van der Waals surface area contributed by atoms with Gasteiger partial charge in [-0.15, -0.1) is 0 Å². The van der Waals surface area contributed by atoms with Gasteiger partial charge in [-0.25, -0.2) is 9.97 Å². The lowest BCUT2D eigenvalue weighted by Gasteiger charge is -2.20. The van der Waals surface area contributed by atoms with Gasteiger partial charge >= 0.3 is 0 Å². The number of amides is 1. The molecule has 0 spiro atoms. The Hall–Kier alpha value is -2.43. The van der Waals surface area contributed by atoms with Crippen molar-refractivity contribution in [2.75, 3.05) is 11.9 Å². The first-order valence-corrected chi connectivity index (χ1v) is 7.68. The van der Waals surface area contributed by atoms with Gasteiger partial charge in [0.2, 0.25) is 0 Å². The molecule has 22 heavy (non-hydrogen) atoms. The number of nitrogens with one attached hydrogen (secondary N) is 1. The fraction of sp³-hybridized carbons (Fsp3) is 0.353. The number of carbonyl (C=O) groups excluding carboxylic acids is 1. The van der Waals surface area contributed by atoms with Crippen molar-refractivity contribution >= 4 is 11.7 Å². The van der Waals surface area contributed by atoms with Crippen molar-refractivity contribution in [2.24, 2.45) is 0 Å². The smallest absolute Gasteiger partial charge is 0.272 e. The second kappa shape index (κ2) is 6.56. The number of rotatable bonds is 6. The van der Waals surface area contributed by atoms with E-state index in [0.29, 0.717) is 24.8 Å². The van der Waals surface area contributed by atoms with E-state index in [1.807, 2.05) is 37.3 Å². The third kappa shape index (κ3) is 3.61. The zero-order chi connectivity index (χ0) is 15.4. The summed E-state index contributed by atoms with van der Waals surface area (Å²) >= 11 is 0. The Labute approximate surface area is 130 Å². The number of anilines is 1. The van der Waals surface area contributed by atoms with Crippen LogP contribution >= 0.6 is 0 Å². The maximum Gasteiger partial charge on any atom is 0.272 e. The van der Waals surface area contributed by atoms with Gasteiger partial charge in [-0.1, -0.05) is 30.3 Å². The molecule has 1 aliphatic rings. The molecule has 1 N–H and O–H groups in total. The molecule has 114 valence electrons. The molecule has 0 aliphatic heterocycles. The van der Waals surface area contributed by atoms with Crippen molar-refractivity contribution in [1.82, 2.24) is 14.9 Å². The monoisotopic (exact) mass is 296 g/mol. The summed E-state index contributed by atoms with van der Waals surface area (Å²) in [5.41, 5.74) is 1.55. The minimum absolute atomic E-state index is 0.0624. The highest BCUT2D eigenvalue weighted by Crippen LogP contribution is 2.23. The van der Waals surface area contributed by atoms with Gasteiger partial charge in [-0.2, -0.15) is 0 Å². The van der Waals surface area contributed by atoms with Gasteiger partial charge in [0, 0.05) is 25.2 Å². The summed E-state index contributed by atoms with van der Waals surface area (Å²) in [7, 11) is 0. The zero-order valence-corrected chi connectivity index (χ0v) is 12.7. The summed E-state index contributed by atoms with van der Waals surface area (Å²) in [5.74, 6) is 0.671. The third-order valence-electron chi connectivity index (χ3n) is 3.70. The number of carbonyl (C=O) groups is 1. The van der Waals surface area contributed by atoms with Crippen molar-refractivity contribution in [1.29, 1.82) is 0 Å². The first-order chi connectivity index (χ1) is 10.8. The van der Waals surface area contributed by atoms with Crippen LogP contribution in [0.25, 0.3) is 0 Å². The van der Waals surface area contributed by atoms with Crippen LogP contribution in [0.2, 0.25) is 0 Å². The second-order valence-corrected chi connectivity index (χ2v) is 5.51. The van der Waals surface area contributed by atoms with Crippen molar-refractivity contribution < 1.29 is 4.79 Å². The van der Waals surface area contributed by atoms with Crippen LogP contribution in [-0.2, 0) is 6.54 Å². The molecule has 3 rings (SSSR count). The molecule has 1 fully saturated rings. The summed E-state index contributed by atoms with van der Waals surface area (Å²) in [6.07, 6.45) is 3.79. The van der Waals surface area contributed by atoms with Gasteiger partial charge in [-0.3, -0.25) is 4.79 Å². The number of benzene rings is 1. The Morgan fingerprint density at radius 2 is 2.05 bits per heavy atom. The average molecular weight is 296 g/mol. The van der Waals surface area contributed by atoms with E-state index >= 15 is 0 Å². The molecule has 1 aromatic carbocycles. The lowest BCUT2D eigenvalue weighted by molar-refractivity contribution is 0.0746. The van der Waals surface area contributed by atoms with Crippen molar-refractivity contribution in [2.45, 2.75) is 32.4 Å². The van der Waals surface area contributed by atoms with E-state index in [0.717, 1.165) is 11.4 Å². The molecule has 0 bridgehead atoms. The van der Waals surface area contributed by atoms with E-state index in [2.05, 4.69) is 15.3 Å². The summed E-state index contributed by atoms with van der Waals surface area (Å²) in [6, 6.07) is 12.2. The molecular formula is C17H20N4O. The number of aromatic nitrogens is 2. The molecule has 0 saturated heterocycles. The van der Waals surface area contributed by atoms with Crippen LogP contribution in [0, 0.1) is 0 Å². The Morgan fingerprint density at radius 3 is 2.73 bits per heavy atom. The van der Waals surface area contributed by atoms with Crippen LogP contribution in [0.15, 0.2) is 42.7 Å². The largest absolute Gasteiger partial charge is 0.367 e. The summed E-state index contributed by atoms with van der Waals surface area (Å²) in [4.78, 5) is 22.7. The Morgan fingerprint density at radius 1 is 1.27 bits per heavy atom. The predicted octanol–water partition coefficient (Wildman–Crippen LogP) is 2.71. The van der Waals surface area contributed by atoms with Crippen LogP contribution in [0.5, 0.6) is 0 Å². The minimum Gasteiger partial charge on any atom is -0.367 e. The van der Waals surface area contributed by atoms with E-state index in [4.69, 9.17) is 0 Å². The molecule has 1 heterocycles. The van der Waals surface area contributed by atoms with E-state index < -0.39 is 0 Å². The van der Waals surface area contributed by atoms with E-state index in [-0.39, 0.29) is 5.91 Å². The Bertz CT molecular complexity index is 640. The van der Waals surface area contributed by atoms with Gasteiger partial charge in [0.1, 0.15) is 17.8 Å². The maximum absolute atomic E-state index is 12.6. The van der Waals surface area contributed by atoms with Gasteiger partial charge < -0.3 is 10.2 Å². The first-order valence-electron chi connectivity index (χ1n) is 7.68. The Kier molecular flexibility index (Phi) is 4.32. The normalized spacial score (nSPS) is 13.7. The average Bonchev–Trinajstić information content (AvgIpc) is 3.37. The standard InChI is InChI=1S/C17H20N4O/c1-2-21(11-13-6-4-3-5-7-13)17(22)15-10-16(19-12-18-15)20-14-8-9-14/h3-7,10,12,14H,2,8-9,11H2,1H3,(H,18,19,20). The van der Waals surface area contributed by atoms with Crippen LogP contribution in [-0.4, -0.2) is 33.4 Å². The SMILES string of the molecule is CCN(Cc1ccccc1)C(=O)c1cc(NC2CC2)ncn1. The number of nitrogens with zero attached hydrogens (tertiary/aromatic N) is 3. The molecule has 0 unspecified atom stereocenters. The lowest BCUT2D eigenvalue weighted by atomic mass is 10.2. The highest BCUT2D eigenvalue weighted by Gasteiger charge is 2.22. The minimum atomic E-state index is -0.0624. The second-order valence-electron chi connectivity index (χ2n) is 5.51. The van der Waals surface area contributed by atoms with Gasteiger partial charge in [0.25, 0.3) is 5.91 Å². The predicted molar refractivity (Wildman–Crippen MR) is 85.5 cm³/mol. The lowest BCUT2D eigenvalue weighted by Crippen LogP contribution is -2.31. The number of hydrogen-bond acceptors (Lipinski definition) is 4. The molecule has 1 aromatic heterocycles. The number of hydrogen-bond donors (Lipinski definition) is 1. The van der Waals surface area contributed by atoms with Gasteiger partial charge in [0.05, 0.1) is 0 Å². The molecule has 1 amide bonds. The third-order valence-corrected chi connectivity index (χ3v) is 3.70. The summed E-state index contributed by atoms with van der Waals surface area (Å²) in [6.45, 7) is 3.21. The molecule has 0 atom stereocenters. The van der Waals surface area contributed by atoms with Gasteiger partial charge in [-0.05, 0) is 25.3 Å². The molecular weight excluding hydrogens is 276 g/mol. The first kappa shape index (κ1) is 14.5. The van der Waals surface area contributed by atoms with Crippen LogP contribution in [0.3, 0.4) is 0 Å². The topological polar surface area (TPSA) is 58.1 Å². The maximum atomic E-state index is 12.6. The van der Waals surface area contributed by atoms with Crippen LogP contribution in [0.1, 0.15) is 35.8 Å². The van der Waals surface area contributed by atoms with E-state index in [1.54, 1.807) is 11.0 Å². The fourth-order valence-electron chi connectivity index (χ4n) is 2.28. The van der Waals surface area contributed by atoms with Gasteiger partial charge in [0.15, 0.2) is 0 Å². The van der Waals surface area contributed by atoms with Crippen LogP contribution < -0.4 is 5.32 Å². The molecule has 5 heteroatoms. The quantitative estimate of drug-likeness (QED) is 0.890. The highest BCUT2D eigenvalue weighted by molar-refractivity contribution is 5.92. The molecule has 1 aliphatic carbocycles. The van der Waals surface area contributed by atoms with Crippen molar-refractivity contribution in [3.63, 3.8) is 0 Å². The Balaban J connectivity index is 1.72. The zero-order valence-electron chi connectivity index (χ0n) is 12.7.